The molecule has 1 unspecified atom stereocenters. The van der Waals surface area contributed by atoms with E-state index in [4.69, 9.17) is 4.74 Å². The van der Waals surface area contributed by atoms with Crippen LogP contribution in [0.2, 0.25) is 0 Å². The van der Waals surface area contributed by atoms with E-state index in [1.807, 2.05) is 45.0 Å². The minimum absolute atomic E-state index is 0.168. The molecule has 1 atom stereocenters. The van der Waals surface area contributed by atoms with Gasteiger partial charge in [0.15, 0.2) is 5.82 Å². The van der Waals surface area contributed by atoms with Gasteiger partial charge in [0.1, 0.15) is 29.2 Å². The molecule has 0 spiro atoms. The van der Waals surface area contributed by atoms with Gasteiger partial charge < -0.3 is 15.4 Å². The average molecular weight is 553 g/mol. The van der Waals surface area contributed by atoms with Gasteiger partial charge in [0.25, 0.3) is 0 Å². The minimum Gasteiger partial charge on any atom is -0.464 e. The Hall–Kier alpha value is -4.28. The third-order valence-corrected chi connectivity index (χ3v) is 6.63. The number of hydrogen-bond acceptors (Lipinski definition) is 10. The van der Waals surface area contributed by atoms with Gasteiger partial charge in [-0.25, -0.2) is 24.9 Å². The number of nitrogens with one attached hydrogen (secondary N) is 2. The van der Waals surface area contributed by atoms with E-state index < -0.39 is 0 Å². The molecule has 1 saturated heterocycles. The molecule has 0 aliphatic carbocycles. The minimum atomic E-state index is -0.284. The predicted octanol–water partition coefficient (Wildman–Crippen LogP) is 3.94. The smallest absolute Gasteiger partial charge is 0.324 e. The van der Waals surface area contributed by atoms with Gasteiger partial charge in [-0.3, -0.25) is 9.69 Å². The largest absolute Gasteiger partial charge is 0.464 e. The number of aromatic nitrogens is 5. The highest BCUT2D eigenvalue weighted by molar-refractivity contribution is 5.76. The van der Waals surface area contributed by atoms with Crippen molar-refractivity contribution in [3.8, 4) is 11.5 Å². The van der Waals surface area contributed by atoms with Crippen molar-refractivity contribution >= 4 is 17.6 Å². The van der Waals surface area contributed by atoms with Crippen LogP contribution in [0.3, 0.4) is 0 Å². The first-order chi connectivity index (χ1) is 19.9. The maximum absolute atomic E-state index is 12.4. The molecule has 10 nitrogen and oxygen atoms in total. The molecule has 0 bridgehead atoms. The summed E-state index contributed by atoms with van der Waals surface area (Å²) in [4.78, 5) is 37.3. The van der Waals surface area contributed by atoms with Gasteiger partial charge in [0, 0.05) is 50.7 Å². The van der Waals surface area contributed by atoms with Crippen molar-refractivity contribution in [3.63, 3.8) is 0 Å². The number of carbonyl (C=O) groups is 1. The lowest BCUT2D eigenvalue weighted by Crippen LogP contribution is -2.54. The van der Waals surface area contributed by atoms with Crippen molar-refractivity contribution in [1.82, 2.24) is 35.1 Å². The molecule has 5 rings (SSSR count). The second-order valence-electron chi connectivity index (χ2n) is 10.7. The summed E-state index contributed by atoms with van der Waals surface area (Å²) < 4.78 is 5.43. The highest BCUT2D eigenvalue weighted by Gasteiger charge is 2.26. The van der Waals surface area contributed by atoms with Crippen LogP contribution in [-0.2, 0) is 22.5 Å². The number of hydrogen-bond donors (Lipinski definition) is 2. The Morgan fingerprint density at radius 3 is 2.54 bits per heavy atom. The molecular weight excluding hydrogens is 516 g/mol. The highest BCUT2D eigenvalue weighted by Crippen LogP contribution is 2.18. The van der Waals surface area contributed by atoms with Crippen LogP contribution in [0.1, 0.15) is 36.5 Å². The molecular formula is C31H36N8O2. The van der Waals surface area contributed by atoms with Crippen molar-refractivity contribution in [2.75, 3.05) is 31.6 Å². The Labute approximate surface area is 240 Å². The average Bonchev–Trinajstić information content (AvgIpc) is 2.97. The highest BCUT2D eigenvalue weighted by atomic mass is 16.5. The normalized spacial score (nSPS) is 15.6. The molecule has 0 radical (unpaired) electrons. The van der Waals surface area contributed by atoms with Gasteiger partial charge in [0.05, 0.1) is 6.61 Å². The molecule has 1 aliphatic heterocycles. The van der Waals surface area contributed by atoms with Crippen molar-refractivity contribution in [2.45, 2.75) is 39.8 Å². The second kappa shape index (κ2) is 13.4. The SMILES string of the molecule is Cc1cccc(-c2nccc(Nc3ccnc(Cc4ccc(CN5CCNC(C(=O)OCC(C)C)C5)cc4)n3)n2)n1. The van der Waals surface area contributed by atoms with E-state index in [1.165, 1.54) is 5.56 Å². The summed E-state index contributed by atoms with van der Waals surface area (Å²) in [5.41, 5.74) is 3.95. The number of aryl methyl sites for hydroxylation is 1. The Kier molecular flexibility index (Phi) is 9.22. The number of esters is 1. The van der Waals surface area contributed by atoms with Crippen LogP contribution in [0.4, 0.5) is 11.6 Å². The molecule has 4 heterocycles. The summed E-state index contributed by atoms with van der Waals surface area (Å²) in [5.74, 6) is 2.72. The monoisotopic (exact) mass is 552 g/mol. The standard InChI is InChI=1S/C31H36N8O2/c1-21(2)20-41-31(40)26-19-39(16-15-32-26)18-24-9-7-23(8-10-24)17-29-33-13-11-27(37-29)36-28-12-14-34-30(38-28)25-6-4-5-22(3)35-25/h4-14,21,26,32H,15-20H2,1-3H3,(H,33,34,36,37,38). The van der Waals surface area contributed by atoms with Gasteiger partial charge >= 0.3 is 5.97 Å². The molecule has 212 valence electrons. The van der Waals surface area contributed by atoms with E-state index in [1.54, 1.807) is 18.5 Å². The van der Waals surface area contributed by atoms with E-state index in [9.17, 15) is 4.79 Å². The molecule has 1 aromatic carbocycles. The van der Waals surface area contributed by atoms with E-state index in [0.29, 0.717) is 48.8 Å². The number of anilines is 2. The molecule has 1 aliphatic rings. The second-order valence-corrected chi connectivity index (χ2v) is 10.7. The zero-order chi connectivity index (χ0) is 28.6. The summed E-state index contributed by atoms with van der Waals surface area (Å²) >= 11 is 0. The van der Waals surface area contributed by atoms with Gasteiger partial charge in [-0.1, -0.05) is 44.2 Å². The number of benzene rings is 1. The summed E-state index contributed by atoms with van der Waals surface area (Å²) in [7, 11) is 0. The van der Waals surface area contributed by atoms with E-state index in [-0.39, 0.29) is 12.0 Å². The molecule has 0 amide bonds. The van der Waals surface area contributed by atoms with Crippen molar-refractivity contribution in [2.24, 2.45) is 5.92 Å². The first-order valence-corrected chi connectivity index (χ1v) is 14.0. The number of pyridine rings is 1. The van der Waals surface area contributed by atoms with Gasteiger partial charge in [-0.05, 0) is 48.2 Å². The summed E-state index contributed by atoms with van der Waals surface area (Å²) in [6.45, 7) is 9.55. The molecule has 0 saturated carbocycles. The summed E-state index contributed by atoms with van der Waals surface area (Å²) in [5, 5.41) is 6.54. The molecule has 10 heteroatoms. The zero-order valence-corrected chi connectivity index (χ0v) is 23.7. The van der Waals surface area contributed by atoms with Crippen LogP contribution in [0.5, 0.6) is 0 Å². The third kappa shape index (κ3) is 8.12. The summed E-state index contributed by atoms with van der Waals surface area (Å²) in [6.07, 6.45) is 4.06. The topological polar surface area (TPSA) is 118 Å². The van der Waals surface area contributed by atoms with Gasteiger partial charge in [-0.2, -0.15) is 0 Å². The fourth-order valence-corrected chi connectivity index (χ4v) is 4.57. The van der Waals surface area contributed by atoms with Crippen molar-refractivity contribution in [3.05, 3.63) is 89.6 Å². The fourth-order valence-electron chi connectivity index (χ4n) is 4.57. The lowest BCUT2D eigenvalue weighted by molar-refractivity contribution is -0.148. The summed E-state index contributed by atoms with van der Waals surface area (Å²) in [6, 6.07) is 17.6. The van der Waals surface area contributed by atoms with Crippen LogP contribution in [0.25, 0.3) is 11.5 Å². The number of rotatable bonds is 10. The lowest BCUT2D eigenvalue weighted by atomic mass is 10.1. The molecule has 2 N–H and O–H groups in total. The number of carbonyl (C=O) groups excluding carboxylic acids is 1. The molecule has 1 fully saturated rings. The van der Waals surface area contributed by atoms with Crippen LogP contribution in [0, 0.1) is 12.8 Å². The zero-order valence-electron chi connectivity index (χ0n) is 23.7. The Bertz CT molecular complexity index is 1460. The van der Waals surface area contributed by atoms with Crippen molar-refractivity contribution < 1.29 is 9.53 Å². The van der Waals surface area contributed by atoms with Crippen LogP contribution in [-0.4, -0.2) is 68.1 Å². The number of ether oxygens (including phenoxy) is 1. The molecule has 41 heavy (non-hydrogen) atoms. The lowest BCUT2D eigenvalue weighted by Gasteiger charge is -2.32. The Morgan fingerprint density at radius 2 is 1.76 bits per heavy atom. The maximum Gasteiger partial charge on any atom is 0.324 e. The number of nitrogens with zero attached hydrogens (tertiary/aromatic N) is 6. The number of piperazine rings is 1. The Balaban J connectivity index is 1.17. The van der Waals surface area contributed by atoms with Crippen LogP contribution < -0.4 is 10.6 Å². The Morgan fingerprint density at radius 1 is 1.00 bits per heavy atom. The van der Waals surface area contributed by atoms with E-state index in [0.717, 1.165) is 36.6 Å². The first kappa shape index (κ1) is 28.3. The quantitative estimate of drug-likeness (QED) is 0.280. The van der Waals surface area contributed by atoms with E-state index in [2.05, 4.69) is 64.7 Å². The molecule has 4 aromatic rings. The maximum atomic E-state index is 12.4. The van der Waals surface area contributed by atoms with Crippen molar-refractivity contribution in [1.29, 1.82) is 0 Å². The van der Waals surface area contributed by atoms with Gasteiger partial charge in [0.2, 0.25) is 0 Å². The van der Waals surface area contributed by atoms with Gasteiger partial charge in [-0.15, -0.1) is 0 Å². The first-order valence-electron chi connectivity index (χ1n) is 14.0. The fraction of sp³-hybridized carbons (Fsp3) is 0.355. The molecule has 3 aromatic heterocycles. The van der Waals surface area contributed by atoms with Crippen LogP contribution >= 0.6 is 0 Å². The predicted molar refractivity (Wildman–Crippen MR) is 157 cm³/mol. The van der Waals surface area contributed by atoms with Crippen LogP contribution in [0.15, 0.2) is 67.0 Å². The van der Waals surface area contributed by atoms with E-state index >= 15 is 0 Å². The third-order valence-electron chi connectivity index (χ3n) is 6.63.